The number of carbonyl (C=O) groups is 2. The molecular formula is C15H18N2O2. The number of amides is 1. The van der Waals surface area contributed by atoms with E-state index in [2.05, 4.69) is 10.3 Å². The van der Waals surface area contributed by atoms with E-state index < -0.39 is 11.7 Å². The SMILES string of the molecule is CC[C@H](C)NC(=O)C(=O)c1c(C)[nH]c2ccccc12. The molecule has 100 valence electrons. The van der Waals surface area contributed by atoms with Crippen LogP contribution in [-0.2, 0) is 4.79 Å². The second kappa shape index (κ2) is 5.26. The maximum atomic E-state index is 12.3. The third-order valence-electron chi connectivity index (χ3n) is 3.32. The van der Waals surface area contributed by atoms with E-state index in [1.807, 2.05) is 45.0 Å². The lowest BCUT2D eigenvalue weighted by Crippen LogP contribution is -2.37. The van der Waals surface area contributed by atoms with Crippen molar-refractivity contribution in [3.63, 3.8) is 0 Å². The van der Waals surface area contributed by atoms with E-state index >= 15 is 0 Å². The highest BCUT2D eigenvalue weighted by Crippen LogP contribution is 2.22. The molecule has 0 fully saturated rings. The summed E-state index contributed by atoms with van der Waals surface area (Å²) in [6.45, 7) is 5.66. The van der Waals surface area contributed by atoms with Crippen LogP contribution < -0.4 is 5.32 Å². The average Bonchev–Trinajstić information content (AvgIpc) is 2.73. The summed E-state index contributed by atoms with van der Waals surface area (Å²) in [6, 6.07) is 7.50. The summed E-state index contributed by atoms with van der Waals surface area (Å²) in [5, 5.41) is 3.50. The monoisotopic (exact) mass is 258 g/mol. The van der Waals surface area contributed by atoms with E-state index in [0.29, 0.717) is 5.56 Å². The second-order valence-corrected chi connectivity index (χ2v) is 4.78. The standard InChI is InChI=1S/C15H18N2O2/c1-4-9(2)16-15(19)14(18)13-10(3)17-12-8-6-5-7-11(12)13/h5-9,17H,4H2,1-3H3,(H,16,19)/t9-/m0/s1. The first-order valence-electron chi connectivity index (χ1n) is 6.47. The van der Waals surface area contributed by atoms with Crippen LogP contribution in [0.4, 0.5) is 0 Å². The minimum atomic E-state index is -0.540. The van der Waals surface area contributed by atoms with Gasteiger partial charge in [0.15, 0.2) is 0 Å². The molecule has 0 aliphatic rings. The molecule has 0 unspecified atom stereocenters. The fourth-order valence-electron chi connectivity index (χ4n) is 2.07. The van der Waals surface area contributed by atoms with Crippen molar-refractivity contribution in [2.45, 2.75) is 33.2 Å². The Morgan fingerprint density at radius 2 is 2.00 bits per heavy atom. The van der Waals surface area contributed by atoms with Gasteiger partial charge >= 0.3 is 0 Å². The number of aryl methyl sites for hydroxylation is 1. The molecule has 1 aromatic carbocycles. The zero-order valence-corrected chi connectivity index (χ0v) is 11.4. The molecular weight excluding hydrogens is 240 g/mol. The molecule has 0 bridgehead atoms. The molecule has 2 N–H and O–H groups in total. The van der Waals surface area contributed by atoms with Crippen LogP contribution in [-0.4, -0.2) is 22.7 Å². The number of ketones is 1. The lowest BCUT2D eigenvalue weighted by molar-refractivity contribution is -0.117. The number of nitrogens with one attached hydrogen (secondary N) is 2. The van der Waals surface area contributed by atoms with Gasteiger partial charge in [0.25, 0.3) is 11.7 Å². The number of aromatic nitrogens is 1. The van der Waals surface area contributed by atoms with E-state index in [-0.39, 0.29) is 6.04 Å². The van der Waals surface area contributed by atoms with Gasteiger partial charge in [-0.3, -0.25) is 9.59 Å². The van der Waals surface area contributed by atoms with Gasteiger partial charge in [0.2, 0.25) is 0 Å². The number of hydrogen-bond acceptors (Lipinski definition) is 2. The predicted molar refractivity (Wildman–Crippen MR) is 75.3 cm³/mol. The Hall–Kier alpha value is -2.10. The van der Waals surface area contributed by atoms with E-state index in [9.17, 15) is 9.59 Å². The number of para-hydroxylation sites is 1. The van der Waals surface area contributed by atoms with Gasteiger partial charge in [0.05, 0.1) is 5.56 Å². The molecule has 2 aromatic rings. The average molecular weight is 258 g/mol. The van der Waals surface area contributed by atoms with Crippen molar-refractivity contribution >= 4 is 22.6 Å². The van der Waals surface area contributed by atoms with Crippen molar-refractivity contribution in [2.24, 2.45) is 0 Å². The number of carbonyl (C=O) groups excluding carboxylic acids is 2. The topological polar surface area (TPSA) is 62.0 Å². The van der Waals surface area contributed by atoms with Crippen LogP contribution in [0.25, 0.3) is 10.9 Å². The summed E-state index contributed by atoms with van der Waals surface area (Å²) in [5.74, 6) is -1.02. The molecule has 0 saturated heterocycles. The molecule has 1 atom stereocenters. The van der Waals surface area contributed by atoms with E-state index in [0.717, 1.165) is 23.0 Å². The first kappa shape index (κ1) is 13.3. The Kier molecular flexibility index (Phi) is 3.69. The lowest BCUT2D eigenvalue weighted by atomic mass is 10.1. The van der Waals surface area contributed by atoms with Gasteiger partial charge in [0, 0.05) is 22.6 Å². The Bertz CT molecular complexity index is 628. The zero-order valence-electron chi connectivity index (χ0n) is 11.4. The minimum absolute atomic E-state index is 0.00182. The number of rotatable bonds is 4. The van der Waals surface area contributed by atoms with Crippen LogP contribution in [0.2, 0.25) is 0 Å². The van der Waals surface area contributed by atoms with Crippen LogP contribution in [0.1, 0.15) is 36.3 Å². The second-order valence-electron chi connectivity index (χ2n) is 4.78. The number of H-pyrrole nitrogens is 1. The summed E-state index contributed by atoms with van der Waals surface area (Å²) in [4.78, 5) is 27.3. The summed E-state index contributed by atoms with van der Waals surface area (Å²) in [6.07, 6.45) is 0.798. The highest BCUT2D eigenvalue weighted by atomic mass is 16.2. The van der Waals surface area contributed by atoms with Gasteiger partial charge < -0.3 is 10.3 Å². The quantitative estimate of drug-likeness (QED) is 0.654. The summed E-state index contributed by atoms with van der Waals surface area (Å²) in [7, 11) is 0. The first-order valence-corrected chi connectivity index (χ1v) is 6.47. The van der Waals surface area contributed by atoms with E-state index in [1.54, 1.807) is 0 Å². The van der Waals surface area contributed by atoms with E-state index in [1.165, 1.54) is 0 Å². The largest absolute Gasteiger partial charge is 0.358 e. The molecule has 1 amide bonds. The first-order chi connectivity index (χ1) is 9.04. The lowest BCUT2D eigenvalue weighted by Gasteiger charge is -2.10. The zero-order chi connectivity index (χ0) is 14.0. The molecule has 1 aromatic heterocycles. The summed E-state index contributed by atoms with van der Waals surface area (Å²) in [5.41, 5.74) is 2.07. The molecule has 19 heavy (non-hydrogen) atoms. The Morgan fingerprint density at radius 3 is 2.68 bits per heavy atom. The number of aromatic amines is 1. The van der Waals surface area contributed by atoms with Crippen LogP contribution in [0, 0.1) is 6.92 Å². The van der Waals surface area contributed by atoms with Gasteiger partial charge in [-0.1, -0.05) is 25.1 Å². The van der Waals surface area contributed by atoms with Crippen LogP contribution in [0.5, 0.6) is 0 Å². The summed E-state index contributed by atoms with van der Waals surface area (Å²) >= 11 is 0. The van der Waals surface area contributed by atoms with Crippen molar-refractivity contribution in [3.8, 4) is 0 Å². The van der Waals surface area contributed by atoms with E-state index in [4.69, 9.17) is 0 Å². The Morgan fingerprint density at radius 1 is 1.32 bits per heavy atom. The highest BCUT2D eigenvalue weighted by Gasteiger charge is 2.23. The fraction of sp³-hybridized carbons (Fsp3) is 0.333. The maximum Gasteiger partial charge on any atom is 0.292 e. The molecule has 4 heteroatoms. The van der Waals surface area contributed by atoms with Gasteiger partial charge in [-0.05, 0) is 26.3 Å². The third kappa shape index (κ3) is 2.52. The van der Waals surface area contributed by atoms with Crippen molar-refractivity contribution in [1.29, 1.82) is 0 Å². The fourth-order valence-corrected chi connectivity index (χ4v) is 2.07. The molecule has 0 spiro atoms. The number of Topliss-reactive ketones (excluding diaryl/α,β-unsaturated/α-hetero) is 1. The molecule has 4 nitrogen and oxygen atoms in total. The van der Waals surface area contributed by atoms with Gasteiger partial charge in [-0.15, -0.1) is 0 Å². The molecule has 0 aliphatic heterocycles. The number of hydrogen-bond donors (Lipinski definition) is 2. The highest BCUT2D eigenvalue weighted by molar-refractivity contribution is 6.45. The normalized spacial score (nSPS) is 12.4. The number of fused-ring (bicyclic) bond motifs is 1. The molecule has 1 heterocycles. The van der Waals surface area contributed by atoms with Crippen molar-refractivity contribution in [3.05, 3.63) is 35.5 Å². The van der Waals surface area contributed by atoms with Crippen LogP contribution in [0.3, 0.4) is 0 Å². The molecule has 0 radical (unpaired) electrons. The molecule has 2 rings (SSSR count). The Balaban J connectivity index is 2.36. The third-order valence-corrected chi connectivity index (χ3v) is 3.32. The minimum Gasteiger partial charge on any atom is -0.358 e. The molecule has 0 aliphatic carbocycles. The predicted octanol–water partition coefficient (Wildman–Crippen LogP) is 2.57. The molecule has 0 saturated carbocycles. The number of benzene rings is 1. The van der Waals surface area contributed by atoms with Crippen LogP contribution in [0.15, 0.2) is 24.3 Å². The van der Waals surface area contributed by atoms with Crippen LogP contribution >= 0.6 is 0 Å². The maximum absolute atomic E-state index is 12.3. The van der Waals surface area contributed by atoms with Crippen molar-refractivity contribution < 1.29 is 9.59 Å². The Labute approximate surface area is 112 Å². The summed E-state index contributed by atoms with van der Waals surface area (Å²) < 4.78 is 0. The van der Waals surface area contributed by atoms with Gasteiger partial charge in [-0.25, -0.2) is 0 Å². The van der Waals surface area contributed by atoms with Gasteiger partial charge in [0.1, 0.15) is 0 Å². The van der Waals surface area contributed by atoms with Crippen molar-refractivity contribution in [2.75, 3.05) is 0 Å². The smallest absolute Gasteiger partial charge is 0.292 e. The van der Waals surface area contributed by atoms with Crippen molar-refractivity contribution in [1.82, 2.24) is 10.3 Å². The van der Waals surface area contributed by atoms with Gasteiger partial charge in [-0.2, -0.15) is 0 Å².